The summed E-state index contributed by atoms with van der Waals surface area (Å²) in [6.45, 7) is 6.20. The maximum absolute atomic E-state index is 9.66. The molecule has 0 aromatic carbocycles. The number of nitriles is 1. The van der Waals surface area contributed by atoms with Crippen molar-refractivity contribution in [2.45, 2.75) is 63.4 Å². The fourth-order valence-electron chi connectivity index (χ4n) is 6.44. The smallest absolute Gasteiger partial charge is 0.201 e. The first-order valence-electron chi connectivity index (χ1n) is 13.1. The molecule has 3 aliphatic heterocycles. The highest BCUT2D eigenvalue weighted by molar-refractivity contribution is 5.85. The number of pyridine rings is 2. The summed E-state index contributed by atoms with van der Waals surface area (Å²) in [7, 11) is 0. The molecular formula is C28H31ClN8O. The maximum atomic E-state index is 9.66. The van der Waals surface area contributed by atoms with Gasteiger partial charge in [0.15, 0.2) is 0 Å². The number of rotatable bonds is 6. The molecule has 196 valence electrons. The van der Waals surface area contributed by atoms with Crippen molar-refractivity contribution in [2.75, 3.05) is 13.1 Å². The highest BCUT2D eigenvalue weighted by Crippen LogP contribution is 2.38. The van der Waals surface area contributed by atoms with Crippen LogP contribution in [0.25, 0.3) is 16.8 Å². The van der Waals surface area contributed by atoms with Crippen LogP contribution < -0.4 is 10.1 Å². The molecule has 0 amide bonds. The number of likely N-dealkylation sites (tertiary alicyclic amines) is 1. The number of ether oxygens (including phenoxy) is 1. The molecular weight excluding hydrogens is 500 g/mol. The zero-order valence-corrected chi connectivity index (χ0v) is 22.3. The van der Waals surface area contributed by atoms with Crippen molar-refractivity contribution in [3.63, 3.8) is 0 Å². The standard InChI is InChI=1S/C28H30N8O.ClH/c1-17-23(14-32-36(17)22-15-34(16-22)26-11-20-6-7-25(26)33-20)19-9-27-31-13-21(12-29)35(27)28(10-19)37-18(2)24-5-3-4-8-30-24;/h3-5,8-10,13-14,18,20,22,25-26,33H,6-7,11,15-16H2,1-2H3;1H/t18-,20?,25?,26?;/m1./s1. The molecule has 10 heteroatoms. The largest absolute Gasteiger partial charge is 0.469 e. The Balaban J connectivity index is 0.00000264. The monoisotopic (exact) mass is 530 g/mol. The summed E-state index contributed by atoms with van der Waals surface area (Å²) in [6, 6.07) is 14.5. The molecule has 7 rings (SSSR count). The molecule has 0 spiro atoms. The molecule has 3 saturated heterocycles. The van der Waals surface area contributed by atoms with E-state index in [1.807, 2.05) is 43.5 Å². The lowest BCUT2D eigenvalue weighted by Crippen LogP contribution is -2.56. The quantitative estimate of drug-likeness (QED) is 0.401. The van der Waals surface area contributed by atoms with Crippen LogP contribution in [-0.4, -0.2) is 60.3 Å². The third-order valence-corrected chi connectivity index (χ3v) is 8.42. The van der Waals surface area contributed by atoms with E-state index >= 15 is 0 Å². The van der Waals surface area contributed by atoms with Gasteiger partial charge < -0.3 is 10.1 Å². The van der Waals surface area contributed by atoms with E-state index in [0.717, 1.165) is 41.6 Å². The first-order chi connectivity index (χ1) is 18.1. The van der Waals surface area contributed by atoms with E-state index in [1.54, 1.807) is 16.8 Å². The Kier molecular flexibility index (Phi) is 6.34. The molecule has 38 heavy (non-hydrogen) atoms. The Labute approximate surface area is 227 Å². The van der Waals surface area contributed by atoms with Crippen LogP contribution in [0.15, 0.2) is 48.9 Å². The van der Waals surface area contributed by atoms with Gasteiger partial charge in [-0.2, -0.15) is 10.4 Å². The molecule has 0 aliphatic carbocycles. The second-order valence-corrected chi connectivity index (χ2v) is 10.6. The van der Waals surface area contributed by atoms with Crippen molar-refractivity contribution >= 4 is 18.1 Å². The molecule has 4 atom stereocenters. The SMILES string of the molecule is Cc1c(-c2cc(O[C@H](C)c3ccccn3)n3c(C#N)cnc3c2)cnn1C1CN(C2CC3CCC2N3)C1.Cl. The molecule has 3 fully saturated rings. The van der Waals surface area contributed by atoms with Gasteiger partial charge in [0, 0.05) is 54.7 Å². The minimum absolute atomic E-state index is 0. The predicted octanol–water partition coefficient (Wildman–Crippen LogP) is 4.08. The second kappa shape index (κ2) is 9.70. The van der Waals surface area contributed by atoms with Gasteiger partial charge in [-0.1, -0.05) is 6.07 Å². The van der Waals surface area contributed by atoms with Crippen LogP contribution in [0.2, 0.25) is 0 Å². The Hall–Kier alpha value is -3.45. The number of hydrogen-bond donors (Lipinski definition) is 1. The van der Waals surface area contributed by atoms with E-state index in [4.69, 9.17) is 9.84 Å². The fraction of sp³-hybridized carbons (Fsp3) is 0.429. The highest BCUT2D eigenvalue weighted by Gasteiger charge is 2.46. The van der Waals surface area contributed by atoms with E-state index in [0.29, 0.717) is 35.3 Å². The highest BCUT2D eigenvalue weighted by atomic mass is 35.5. The molecule has 4 aromatic heterocycles. The Morgan fingerprint density at radius 3 is 2.74 bits per heavy atom. The van der Waals surface area contributed by atoms with E-state index in [-0.39, 0.29) is 18.5 Å². The first kappa shape index (κ1) is 24.9. The third kappa shape index (κ3) is 4.04. The van der Waals surface area contributed by atoms with Gasteiger partial charge in [-0.15, -0.1) is 12.4 Å². The molecule has 9 nitrogen and oxygen atoms in total. The Morgan fingerprint density at radius 1 is 1.16 bits per heavy atom. The number of nitrogens with one attached hydrogen (secondary N) is 1. The molecule has 0 radical (unpaired) electrons. The Morgan fingerprint density at radius 2 is 2.03 bits per heavy atom. The number of imidazole rings is 1. The van der Waals surface area contributed by atoms with Gasteiger partial charge in [-0.3, -0.25) is 19.0 Å². The van der Waals surface area contributed by atoms with Crippen LogP contribution >= 0.6 is 12.4 Å². The van der Waals surface area contributed by atoms with E-state index in [1.165, 1.54) is 19.3 Å². The predicted molar refractivity (Wildman–Crippen MR) is 145 cm³/mol. The summed E-state index contributed by atoms with van der Waals surface area (Å²) in [5, 5.41) is 18.2. The van der Waals surface area contributed by atoms with Crippen molar-refractivity contribution in [3.05, 3.63) is 66.0 Å². The van der Waals surface area contributed by atoms with Crippen molar-refractivity contribution < 1.29 is 4.74 Å². The number of fused-ring (bicyclic) bond motifs is 3. The van der Waals surface area contributed by atoms with Gasteiger partial charge in [0.2, 0.25) is 5.88 Å². The lowest BCUT2D eigenvalue weighted by atomic mass is 9.91. The van der Waals surface area contributed by atoms with E-state index < -0.39 is 0 Å². The minimum atomic E-state index is -0.293. The van der Waals surface area contributed by atoms with Gasteiger partial charge >= 0.3 is 0 Å². The number of nitrogens with zero attached hydrogens (tertiary/aromatic N) is 7. The van der Waals surface area contributed by atoms with Crippen molar-refractivity contribution in [3.8, 4) is 23.1 Å². The molecule has 0 saturated carbocycles. The average Bonchev–Trinajstić information content (AvgIpc) is 3.68. The third-order valence-electron chi connectivity index (χ3n) is 8.42. The second-order valence-electron chi connectivity index (χ2n) is 10.6. The zero-order valence-electron chi connectivity index (χ0n) is 21.5. The molecule has 1 N–H and O–H groups in total. The van der Waals surface area contributed by atoms with Gasteiger partial charge in [0.1, 0.15) is 23.5 Å². The molecule has 7 heterocycles. The zero-order chi connectivity index (χ0) is 25.1. The molecule has 4 aromatic rings. The lowest BCUT2D eigenvalue weighted by molar-refractivity contribution is 0.0409. The summed E-state index contributed by atoms with van der Waals surface area (Å²) in [6.07, 6.45) is 8.93. The van der Waals surface area contributed by atoms with Crippen LogP contribution in [0, 0.1) is 18.3 Å². The van der Waals surface area contributed by atoms with Crippen LogP contribution in [0.1, 0.15) is 55.4 Å². The summed E-state index contributed by atoms with van der Waals surface area (Å²) in [5.74, 6) is 0.561. The summed E-state index contributed by atoms with van der Waals surface area (Å²) in [4.78, 5) is 11.6. The van der Waals surface area contributed by atoms with E-state index in [9.17, 15) is 5.26 Å². The van der Waals surface area contributed by atoms with E-state index in [2.05, 4.69) is 37.9 Å². The van der Waals surface area contributed by atoms with Crippen LogP contribution in [0.5, 0.6) is 5.88 Å². The number of hydrogen-bond acceptors (Lipinski definition) is 7. The molecule has 2 bridgehead atoms. The first-order valence-corrected chi connectivity index (χ1v) is 13.1. The average molecular weight is 531 g/mol. The van der Waals surface area contributed by atoms with Gasteiger partial charge in [0.25, 0.3) is 0 Å². The summed E-state index contributed by atoms with van der Waals surface area (Å²) < 4.78 is 10.3. The summed E-state index contributed by atoms with van der Waals surface area (Å²) in [5.41, 5.74) is 5.09. The summed E-state index contributed by atoms with van der Waals surface area (Å²) >= 11 is 0. The lowest BCUT2D eigenvalue weighted by Gasteiger charge is -2.45. The maximum Gasteiger partial charge on any atom is 0.201 e. The normalized spacial score (nSPS) is 23.7. The van der Waals surface area contributed by atoms with Gasteiger partial charge in [-0.05, 0) is 56.9 Å². The number of aromatic nitrogens is 5. The molecule has 3 unspecified atom stereocenters. The van der Waals surface area contributed by atoms with Gasteiger partial charge in [-0.25, -0.2) is 4.98 Å². The number of halogens is 1. The topological polar surface area (TPSA) is 96.3 Å². The van der Waals surface area contributed by atoms with Crippen molar-refractivity contribution in [1.82, 2.24) is 34.4 Å². The van der Waals surface area contributed by atoms with Crippen LogP contribution in [0.3, 0.4) is 0 Å². The van der Waals surface area contributed by atoms with Crippen LogP contribution in [0.4, 0.5) is 0 Å². The van der Waals surface area contributed by atoms with Crippen LogP contribution in [-0.2, 0) is 0 Å². The Bertz CT molecular complexity index is 1500. The fourth-order valence-corrected chi connectivity index (χ4v) is 6.44. The minimum Gasteiger partial charge on any atom is -0.469 e. The van der Waals surface area contributed by atoms with Crippen molar-refractivity contribution in [1.29, 1.82) is 5.26 Å². The molecule has 3 aliphatic rings. The van der Waals surface area contributed by atoms with Crippen molar-refractivity contribution in [2.24, 2.45) is 0 Å². The van der Waals surface area contributed by atoms with Gasteiger partial charge in [0.05, 0.1) is 24.1 Å².